The van der Waals surface area contributed by atoms with E-state index in [4.69, 9.17) is 5.41 Å². The first kappa shape index (κ1) is 8.94. The molecule has 0 saturated carbocycles. The summed E-state index contributed by atoms with van der Waals surface area (Å²) in [4.78, 5) is 0. The molecule has 3 heteroatoms. The lowest BCUT2D eigenvalue weighted by molar-refractivity contribution is 1.61. The van der Waals surface area contributed by atoms with E-state index in [1.807, 2.05) is 0 Å². The van der Waals surface area contributed by atoms with Crippen molar-refractivity contribution in [3.8, 4) is 0 Å². The summed E-state index contributed by atoms with van der Waals surface area (Å²) in [6, 6.07) is 0. The van der Waals surface area contributed by atoms with E-state index in [0.717, 1.165) is 0 Å². The maximum absolute atomic E-state index is 5.77. The van der Waals surface area contributed by atoms with Crippen LogP contribution in [0.3, 0.4) is 0 Å². The minimum absolute atomic E-state index is 0. The molecule has 1 nitrogen and oxygen atoms in total. The lowest BCUT2D eigenvalue weighted by atomic mass is 11.8. The van der Waals surface area contributed by atoms with Gasteiger partial charge >= 0.3 is 0 Å². The van der Waals surface area contributed by atoms with Gasteiger partial charge < -0.3 is 0 Å². The van der Waals surface area contributed by atoms with Gasteiger partial charge in [-0.3, -0.25) is 0 Å². The van der Waals surface area contributed by atoms with Crippen LogP contribution in [-0.2, 0) is 0 Å². The van der Waals surface area contributed by atoms with Gasteiger partial charge in [-0.1, -0.05) is 0 Å². The van der Waals surface area contributed by atoms with Crippen molar-refractivity contribution in [1.82, 2.24) is 0 Å². The fourth-order valence-electron chi connectivity index (χ4n) is 0. The van der Waals surface area contributed by atoms with Crippen LogP contribution in [0.4, 0.5) is 0 Å². The Morgan fingerprint density at radius 3 is 1.75 bits per heavy atom. The van der Waals surface area contributed by atoms with Crippen LogP contribution in [0.5, 0.6) is 0 Å². The van der Waals surface area contributed by atoms with E-state index in [1.54, 1.807) is 5.16 Å². The summed E-state index contributed by atoms with van der Waals surface area (Å²) in [5.41, 5.74) is 0. The van der Waals surface area contributed by atoms with Crippen molar-refractivity contribution in [2.75, 3.05) is 0 Å². The molecule has 0 fully saturated rings. The average molecular weight is 95.6 g/mol. The molecule has 0 spiro atoms. The quantitative estimate of drug-likeness (QED) is 0.353. The highest BCUT2D eigenvalue weighted by molar-refractivity contribution is 7.78. The molecule has 0 aliphatic rings. The Morgan fingerprint density at radius 2 is 1.75 bits per heavy atom. The van der Waals surface area contributed by atoms with Gasteiger partial charge in [0.05, 0.1) is 5.16 Å². The second-order valence-electron chi connectivity index (χ2n) is 0.102. The van der Waals surface area contributed by atoms with Crippen molar-refractivity contribution in [2.45, 2.75) is 0 Å². The molecular formula is CH2ClNS. The van der Waals surface area contributed by atoms with E-state index in [0.29, 0.717) is 0 Å². The summed E-state index contributed by atoms with van der Waals surface area (Å²) < 4.78 is 0. The maximum Gasteiger partial charge on any atom is 0.0554 e. The second-order valence-corrected chi connectivity index (χ2v) is 0.306. The molecule has 0 radical (unpaired) electrons. The van der Waals surface area contributed by atoms with E-state index in [9.17, 15) is 0 Å². The van der Waals surface area contributed by atoms with E-state index in [1.165, 1.54) is 0 Å². The number of hydrogen-bond donors (Lipinski definition) is 1. The highest BCUT2D eigenvalue weighted by Crippen LogP contribution is 1.16. The van der Waals surface area contributed by atoms with Gasteiger partial charge in [0.15, 0.2) is 0 Å². The van der Waals surface area contributed by atoms with Crippen molar-refractivity contribution in [1.29, 1.82) is 5.41 Å². The molecule has 0 rings (SSSR count). The van der Waals surface area contributed by atoms with Crippen LogP contribution in [0.1, 0.15) is 0 Å². The lowest BCUT2D eigenvalue weighted by Crippen LogP contribution is -1.03. The topological polar surface area (TPSA) is 23.9 Å². The summed E-state index contributed by atoms with van der Waals surface area (Å²) in [6.07, 6.45) is 0. The smallest absolute Gasteiger partial charge is 0.0554 e. The fourth-order valence-corrected chi connectivity index (χ4v) is 0. The zero-order chi connectivity index (χ0) is 2.71. The SMILES string of the molecule is Cl.N=C=S. The van der Waals surface area contributed by atoms with Crippen LogP contribution in [0, 0.1) is 5.41 Å². The minimum atomic E-state index is 0. The number of hydrogen-bond acceptors (Lipinski definition) is 2. The predicted octanol–water partition coefficient (Wildman–Crippen LogP) is 1.09. The van der Waals surface area contributed by atoms with Crippen molar-refractivity contribution in [3.05, 3.63) is 0 Å². The van der Waals surface area contributed by atoms with Crippen LogP contribution in [-0.4, -0.2) is 5.16 Å². The zero-order valence-corrected chi connectivity index (χ0v) is 3.45. The third-order valence-electron chi connectivity index (χ3n) is 0. The standard InChI is InChI=1S/CHNS.ClH/c2-1-3;/h2H;1H. The first-order chi connectivity index (χ1) is 1.41. The lowest BCUT2D eigenvalue weighted by Gasteiger charge is -1.05. The Balaban J connectivity index is 0. The summed E-state index contributed by atoms with van der Waals surface area (Å²) in [5, 5.41) is 7.36. The molecule has 0 aromatic heterocycles. The Kier molecular flexibility index (Phi) is 25.4. The van der Waals surface area contributed by atoms with Gasteiger partial charge in [-0.05, 0) is 12.2 Å². The molecule has 0 aliphatic carbocycles. The normalized spacial score (nSPS) is 2.00. The number of thiocarbonyl (C=S) groups is 1. The van der Waals surface area contributed by atoms with Gasteiger partial charge in [0.1, 0.15) is 0 Å². The summed E-state index contributed by atoms with van der Waals surface area (Å²) in [5.74, 6) is 0. The van der Waals surface area contributed by atoms with E-state index in [-0.39, 0.29) is 12.4 Å². The van der Waals surface area contributed by atoms with E-state index >= 15 is 0 Å². The molecule has 0 aromatic rings. The van der Waals surface area contributed by atoms with Gasteiger partial charge in [0.25, 0.3) is 0 Å². The number of isothiocyanates is 1. The molecule has 0 bridgehead atoms. The minimum Gasteiger partial charge on any atom is -0.248 e. The molecule has 0 aromatic carbocycles. The summed E-state index contributed by atoms with van der Waals surface area (Å²) >= 11 is 3.81. The third kappa shape index (κ3) is 307. The van der Waals surface area contributed by atoms with E-state index < -0.39 is 0 Å². The van der Waals surface area contributed by atoms with Crippen LogP contribution < -0.4 is 0 Å². The number of rotatable bonds is 0. The van der Waals surface area contributed by atoms with Gasteiger partial charge in [-0.15, -0.1) is 12.4 Å². The molecule has 1 N–H and O–H groups in total. The predicted molar refractivity (Wildman–Crippen MR) is 22.6 cm³/mol. The monoisotopic (exact) mass is 95.0 g/mol. The summed E-state index contributed by atoms with van der Waals surface area (Å²) in [6.45, 7) is 0. The Labute approximate surface area is 35.9 Å². The van der Waals surface area contributed by atoms with Gasteiger partial charge in [-0.25, -0.2) is 5.41 Å². The number of halogens is 1. The molecule has 24 valence electrons. The van der Waals surface area contributed by atoms with Crippen LogP contribution in [0.15, 0.2) is 0 Å². The van der Waals surface area contributed by atoms with Crippen molar-refractivity contribution in [2.24, 2.45) is 0 Å². The second kappa shape index (κ2) is 11.4. The molecule has 0 unspecified atom stereocenters. The highest BCUT2D eigenvalue weighted by atomic mass is 35.5. The fraction of sp³-hybridized carbons (Fsp3) is 0. The van der Waals surface area contributed by atoms with E-state index in [2.05, 4.69) is 12.2 Å². The zero-order valence-electron chi connectivity index (χ0n) is 1.82. The first-order valence-corrected chi connectivity index (χ1v) is 0.862. The third-order valence-corrected chi connectivity index (χ3v) is 0. The van der Waals surface area contributed by atoms with Crippen molar-refractivity contribution in [3.63, 3.8) is 0 Å². The molecule has 0 aliphatic heterocycles. The summed E-state index contributed by atoms with van der Waals surface area (Å²) in [7, 11) is 0. The molecule has 4 heavy (non-hydrogen) atoms. The largest absolute Gasteiger partial charge is 0.248 e. The Bertz CT molecular complexity index is 29.0. The van der Waals surface area contributed by atoms with Crippen molar-refractivity contribution >= 4 is 29.8 Å². The average Bonchev–Trinajstić information content (AvgIpc) is 0.918. The maximum atomic E-state index is 5.77. The van der Waals surface area contributed by atoms with Gasteiger partial charge in [0.2, 0.25) is 0 Å². The molecule has 0 amide bonds. The van der Waals surface area contributed by atoms with Crippen LogP contribution >= 0.6 is 24.6 Å². The van der Waals surface area contributed by atoms with Crippen LogP contribution in [0.2, 0.25) is 0 Å². The molecule has 0 atom stereocenters. The molecular weight excluding hydrogens is 93.5 g/mol. The van der Waals surface area contributed by atoms with Crippen molar-refractivity contribution < 1.29 is 0 Å². The molecule has 0 heterocycles. The first-order valence-electron chi connectivity index (χ1n) is 0.454. The Hall–Kier alpha value is 0.0900. The number of nitrogens with one attached hydrogen (secondary N) is 1. The van der Waals surface area contributed by atoms with Gasteiger partial charge in [-0.2, -0.15) is 0 Å². The van der Waals surface area contributed by atoms with Crippen LogP contribution in [0.25, 0.3) is 0 Å². The Morgan fingerprint density at radius 1 is 1.75 bits per heavy atom. The van der Waals surface area contributed by atoms with Gasteiger partial charge in [0, 0.05) is 0 Å². The molecule has 0 saturated heterocycles. The highest BCUT2D eigenvalue weighted by Gasteiger charge is 0.975.